The molecule has 0 aliphatic rings. The monoisotopic (exact) mass is 752 g/mol. The van der Waals surface area contributed by atoms with Gasteiger partial charge < -0.3 is 4.57 Å². The molecule has 12 rings (SSSR count). The number of para-hydroxylation sites is 3. The molecular formula is C55H36N4. The second-order valence-corrected chi connectivity index (χ2v) is 15.3. The molecule has 0 bridgehead atoms. The van der Waals surface area contributed by atoms with Gasteiger partial charge in [0.2, 0.25) is 5.95 Å². The average Bonchev–Trinajstić information content (AvgIpc) is 3.97. The third-order valence-corrected chi connectivity index (χ3v) is 11.8. The molecule has 0 aliphatic heterocycles. The summed E-state index contributed by atoms with van der Waals surface area (Å²) in [5.41, 5.74) is 15.9. The van der Waals surface area contributed by atoms with E-state index in [1.165, 1.54) is 54.8 Å². The minimum atomic E-state index is 0.857. The van der Waals surface area contributed by atoms with Crippen LogP contribution in [-0.2, 0) is 0 Å². The van der Waals surface area contributed by atoms with Crippen molar-refractivity contribution in [2.45, 2.75) is 0 Å². The van der Waals surface area contributed by atoms with Crippen LogP contribution in [0.1, 0.15) is 0 Å². The predicted octanol–water partition coefficient (Wildman–Crippen LogP) is 14.2. The first-order valence-corrected chi connectivity index (χ1v) is 20.1. The zero-order valence-electron chi connectivity index (χ0n) is 32.1. The highest BCUT2D eigenvalue weighted by atomic mass is 15.2. The van der Waals surface area contributed by atoms with Crippen molar-refractivity contribution < 1.29 is 0 Å². The molecule has 0 saturated carbocycles. The maximum absolute atomic E-state index is 5.57. The molecule has 4 nitrogen and oxygen atoms in total. The van der Waals surface area contributed by atoms with E-state index in [-0.39, 0.29) is 0 Å². The molecule has 0 fully saturated rings. The number of pyridine rings is 1. The molecule has 0 saturated heterocycles. The van der Waals surface area contributed by atoms with Gasteiger partial charge in [-0.3, -0.25) is 8.97 Å². The highest BCUT2D eigenvalue weighted by Gasteiger charge is 2.21. The molecule has 0 unspecified atom stereocenters. The van der Waals surface area contributed by atoms with Crippen molar-refractivity contribution >= 4 is 49.1 Å². The molecule has 12 aromatic rings. The summed E-state index contributed by atoms with van der Waals surface area (Å²) in [6.07, 6.45) is 2.14. The van der Waals surface area contributed by atoms with Gasteiger partial charge in [0.1, 0.15) is 0 Å². The van der Waals surface area contributed by atoms with Crippen LogP contribution in [0.2, 0.25) is 0 Å². The Labute approximate surface area is 341 Å². The predicted molar refractivity (Wildman–Crippen MR) is 246 cm³/mol. The van der Waals surface area contributed by atoms with Gasteiger partial charge in [0, 0.05) is 39.0 Å². The fraction of sp³-hybridized carbons (Fsp3) is 0. The van der Waals surface area contributed by atoms with Crippen LogP contribution >= 0.6 is 0 Å². The van der Waals surface area contributed by atoms with Crippen LogP contribution in [0.15, 0.2) is 219 Å². The van der Waals surface area contributed by atoms with Gasteiger partial charge in [0.25, 0.3) is 0 Å². The number of nitrogens with zero attached hydrogens (tertiary/aromatic N) is 4. The first-order valence-electron chi connectivity index (χ1n) is 20.1. The quantitative estimate of drug-likeness (QED) is 0.166. The van der Waals surface area contributed by atoms with E-state index in [4.69, 9.17) is 4.98 Å². The van der Waals surface area contributed by atoms with E-state index >= 15 is 0 Å². The van der Waals surface area contributed by atoms with E-state index < -0.39 is 0 Å². The minimum absolute atomic E-state index is 0.857. The first kappa shape index (κ1) is 33.2. The van der Waals surface area contributed by atoms with Gasteiger partial charge >= 0.3 is 0 Å². The summed E-state index contributed by atoms with van der Waals surface area (Å²) in [5, 5.41) is 4.88. The summed E-state index contributed by atoms with van der Waals surface area (Å²) in [7, 11) is 0. The Morgan fingerprint density at radius 1 is 0.288 bits per heavy atom. The van der Waals surface area contributed by atoms with E-state index in [0.29, 0.717) is 0 Å². The zero-order valence-corrected chi connectivity index (χ0v) is 32.1. The van der Waals surface area contributed by atoms with Gasteiger partial charge in [0.15, 0.2) is 0 Å². The summed E-state index contributed by atoms with van der Waals surface area (Å²) in [5.74, 6) is 0.857. The lowest BCUT2D eigenvalue weighted by Gasteiger charge is -2.10. The van der Waals surface area contributed by atoms with Crippen LogP contribution in [0.25, 0.3) is 105 Å². The fourth-order valence-electron chi connectivity index (χ4n) is 9.13. The topological polar surface area (TPSA) is 27.2 Å². The standard InChI is InChI=1S/C55H36N4/c1-4-16-37(17-5-1)41-32-42(38-18-6-2-7-19-38)34-43(33-41)54-53-26-14-15-31-57(53)55(56-54)59-50-25-13-11-23-46(50)48-36-40(28-30-52(48)59)39-27-29-51-47(35-39)45-22-10-12-24-49(45)58(51)44-20-8-3-9-21-44/h1-36H. The number of hydrogen-bond acceptors (Lipinski definition) is 1. The fourth-order valence-corrected chi connectivity index (χ4v) is 9.13. The van der Waals surface area contributed by atoms with E-state index in [2.05, 4.69) is 232 Å². The number of imidazole rings is 1. The largest absolute Gasteiger partial charge is 0.309 e. The van der Waals surface area contributed by atoms with E-state index in [0.717, 1.165) is 50.6 Å². The molecule has 4 aromatic heterocycles. The molecule has 8 aromatic carbocycles. The Hall–Kier alpha value is -7.95. The SMILES string of the molecule is c1ccc(-c2cc(-c3ccccc3)cc(-c3nc(-n4c5ccccc5c5cc(-c6ccc7c(c6)c6ccccc6n7-c6ccccc6)ccc54)n4ccccc34)c2)cc1. The van der Waals surface area contributed by atoms with Crippen molar-refractivity contribution in [3.63, 3.8) is 0 Å². The van der Waals surface area contributed by atoms with E-state index in [9.17, 15) is 0 Å². The van der Waals surface area contributed by atoms with Crippen LogP contribution < -0.4 is 0 Å². The molecule has 4 heterocycles. The van der Waals surface area contributed by atoms with E-state index in [1.54, 1.807) is 0 Å². The number of hydrogen-bond donors (Lipinski definition) is 0. The van der Waals surface area contributed by atoms with Gasteiger partial charge in [0.05, 0.1) is 33.3 Å². The highest BCUT2D eigenvalue weighted by molar-refractivity contribution is 6.12. The van der Waals surface area contributed by atoms with Crippen molar-refractivity contribution in [1.29, 1.82) is 0 Å². The maximum atomic E-state index is 5.57. The van der Waals surface area contributed by atoms with Crippen molar-refractivity contribution in [2.24, 2.45) is 0 Å². The number of aromatic nitrogens is 4. The molecule has 0 spiro atoms. The van der Waals surface area contributed by atoms with Crippen LogP contribution in [0.3, 0.4) is 0 Å². The Balaban J connectivity index is 1.04. The molecule has 0 N–H and O–H groups in total. The second kappa shape index (κ2) is 13.3. The molecule has 0 atom stereocenters. The molecule has 0 aliphatic carbocycles. The summed E-state index contributed by atoms with van der Waals surface area (Å²) < 4.78 is 6.94. The lowest BCUT2D eigenvalue weighted by Crippen LogP contribution is -2.00. The summed E-state index contributed by atoms with van der Waals surface area (Å²) in [4.78, 5) is 5.57. The smallest absolute Gasteiger partial charge is 0.220 e. The Kier molecular flexibility index (Phi) is 7.50. The molecule has 0 radical (unpaired) electrons. The van der Waals surface area contributed by atoms with Gasteiger partial charge in [-0.05, 0) is 112 Å². The summed E-state index contributed by atoms with van der Waals surface area (Å²) >= 11 is 0. The van der Waals surface area contributed by atoms with Crippen LogP contribution in [0.5, 0.6) is 0 Å². The average molecular weight is 753 g/mol. The Morgan fingerprint density at radius 2 is 0.746 bits per heavy atom. The van der Waals surface area contributed by atoms with Crippen molar-refractivity contribution in [1.82, 2.24) is 18.5 Å². The summed E-state index contributed by atoms with van der Waals surface area (Å²) in [6, 6.07) is 76.4. The van der Waals surface area contributed by atoms with Crippen LogP contribution in [-0.4, -0.2) is 18.5 Å². The lowest BCUT2D eigenvalue weighted by molar-refractivity contribution is 0.983. The van der Waals surface area contributed by atoms with Gasteiger partial charge in [-0.2, -0.15) is 0 Å². The molecule has 0 amide bonds. The van der Waals surface area contributed by atoms with Gasteiger partial charge in [-0.25, -0.2) is 4.98 Å². The van der Waals surface area contributed by atoms with Gasteiger partial charge in [-0.15, -0.1) is 0 Å². The number of fused-ring (bicyclic) bond motifs is 7. The van der Waals surface area contributed by atoms with E-state index in [1.807, 2.05) is 0 Å². The van der Waals surface area contributed by atoms with Gasteiger partial charge in [-0.1, -0.05) is 133 Å². The Morgan fingerprint density at radius 3 is 1.36 bits per heavy atom. The van der Waals surface area contributed by atoms with Crippen molar-refractivity contribution in [3.05, 3.63) is 219 Å². The molecule has 276 valence electrons. The third-order valence-electron chi connectivity index (χ3n) is 11.8. The number of benzene rings is 8. The zero-order chi connectivity index (χ0) is 38.9. The summed E-state index contributed by atoms with van der Waals surface area (Å²) in [6.45, 7) is 0. The Bertz CT molecular complexity index is 3480. The van der Waals surface area contributed by atoms with Crippen molar-refractivity contribution in [2.75, 3.05) is 0 Å². The maximum Gasteiger partial charge on any atom is 0.220 e. The minimum Gasteiger partial charge on any atom is -0.309 e. The highest BCUT2D eigenvalue weighted by Crippen LogP contribution is 2.40. The number of rotatable bonds is 6. The third kappa shape index (κ3) is 5.34. The molecule has 4 heteroatoms. The normalized spacial score (nSPS) is 11.7. The van der Waals surface area contributed by atoms with Crippen LogP contribution in [0.4, 0.5) is 0 Å². The van der Waals surface area contributed by atoms with Crippen LogP contribution in [0, 0.1) is 0 Å². The lowest BCUT2D eigenvalue weighted by atomic mass is 9.95. The first-order chi connectivity index (χ1) is 29.3. The van der Waals surface area contributed by atoms with Crippen molar-refractivity contribution in [3.8, 4) is 56.3 Å². The molecular weight excluding hydrogens is 717 g/mol. The molecule has 59 heavy (non-hydrogen) atoms. The second-order valence-electron chi connectivity index (χ2n) is 15.3.